The molecule has 0 saturated carbocycles. The highest BCUT2D eigenvalue weighted by Crippen LogP contribution is 2.26. The molecule has 0 radical (unpaired) electrons. The van der Waals surface area contributed by atoms with Crippen LogP contribution in [0, 0.1) is 0 Å². The number of halogens is 1. The molecule has 94 valence electrons. The fraction of sp³-hybridized carbons (Fsp3) is 0.231. The summed E-state index contributed by atoms with van der Waals surface area (Å²) < 4.78 is 0. The van der Waals surface area contributed by atoms with E-state index in [0.29, 0.717) is 10.8 Å². The molecule has 5 heteroatoms. The van der Waals surface area contributed by atoms with E-state index < -0.39 is 0 Å². The van der Waals surface area contributed by atoms with Gasteiger partial charge in [-0.1, -0.05) is 48.9 Å². The number of nitrogen functional groups attached to an aromatic ring is 1. The molecule has 1 aromatic heterocycles. The normalized spacial score (nSPS) is 12.1. The SMILES string of the molecule is CCC(Nc1nc(N)ncc1Cl)c1ccccc1. The van der Waals surface area contributed by atoms with Crippen LogP contribution in [0.15, 0.2) is 36.5 Å². The minimum Gasteiger partial charge on any atom is -0.368 e. The Bertz CT molecular complexity index is 516. The number of nitrogens with two attached hydrogens (primary N) is 1. The minimum atomic E-state index is 0.151. The number of nitrogens with one attached hydrogen (secondary N) is 1. The van der Waals surface area contributed by atoms with Gasteiger partial charge in [-0.05, 0) is 12.0 Å². The second kappa shape index (κ2) is 5.69. The lowest BCUT2D eigenvalue weighted by Crippen LogP contribution is -2.12. The van der Waals surface area contributed by atoms with Crippen molar-refractivity contribution in [3.63, 3.8) is 0 Å². The van der Waals surface area contributed by atoms with Gasteiger partial charge in [-0.15, -0.1) is 0 Å². The summed E-state index contributed by atoms with van der Waals surface area (Å²) in [6.45, 7) is 2.10. The van der Waals surface area contributed by atoms with Crippen molar-refractivity contribution in [2.45, 2.75) is 19.4 Å². The highest BCUT2D eigenvalue weighted by atomic mass is 35.5. The molecule has 1 unspecified atom stereocenters. The van der Waals surface area contributed by atoms with Gasteiger partial charge < -0.3 is 11.1 Å². The Morgan fingerprint density at radius 1 is 1.33 bits per heavy atom. The Balaban J connectivity index is 2.23. The molecule has 0 bridgehead atoms. The van der Waals surface area contributed by atoms with Crippen molar-refractivity contribution in [2.24, 2.45) is 0 Å². The molecule has 1 atom stereocenters. The van der Waals surface area contributed by atoms with Crippen molar-refractivity contribution in [3.8, 4) is 0 Å². The maximum Gasteiger partial charge on any atom is 0.222 e. The molecule has 1 heterocycles. The van der Waals surface area contributed by atoms with Gasteiger partial charge >= 0.3 is 0 Å². The quantitative estimate of drug-likeness (QED) is 0.888. The lowest BCUT2D eigenvalue weighted by atomic mass is 10.0. The molecule has 2 aromatic rings. The van der Waals surface area contributed by atoms with Crippen LogP contribution in [0.3, 0.4) is 0 Å². The van der Waals surface area contributed by atoms with Gasteiger partial charge in [-0.25, -0.2) is 4.98 Å². The smallest absolute Gasteiger partial charge is 0.222 e. The van der Waals surface area contributed by atoms with E-state index in [1.54, 1.807) is 0 Å². The summed E-state index contributed by atoms with van der Waals surface area (Å²) in [4.78, 5) is 7.95. The van der Waals surface area contributed by atoms with Crippen molar-refractivity contribution < 1.29 is 0 Å². The lowest BCUT2D eigenvalue weighted by molar-refractivity contribution is 0.744. The lowest BCUT2D eigenvalue weighted by Gasteiger charge is -2.18. The number of nitrogens with zero attached hydrogens (tertiary/aromatic N) is 2. The Morgan fingerprint density at radius 2 is 2.06 bits per heavy atom. The van der Waals surface area contributed by atoms with Gasteiger partial charge in [-0.3, -0.25) is 0 Å². The second-order valence-electron chi connectivity index (χ2n) is 3.94. The molecule has 0 aliphatic heterocycles. The Morgan fingerprint density at radius 3 is 2.72 bits per heavy atom. The van der Waals surface area contributed by atoms with E-state index in [2.05, 4.69) is 34.3 Å². The van der Waals surface area contributed by atoms with Crippen molar-refractivity contribution in [3.05, 3.63) is 47.1 Å². The molecule has 2 rings (SSSR count). The summed E-state index contributed by atoms with van der Waals surface area (Å²) in [5.41, 5.74) is 6.75. The summed E-state index contributed by atoms with van der Waals surface area (Å²) in [5.74, 6) is 0.782. The first kappa shape index (κ1) is 12.6. The highest BCUT2D eigenvalue weighted by molar-refractivity contribution is 6.32. The molecular formula is C13H15ClN4. The maximum absolute atomic E-state index is 6.04. The van der Waals surface area contributed by atoms with Crippen LogP contribution in [-0.4, -0.2) is 9.97 Å². The third-order valence-electron chi connectivity index (χ3n) is 2.68. The van der Waals surface area contributed by atoms with Gasteiger partial charge in [0.15, 0.2) is 5.82 Å². The standard InChI is InChI=1S/C13H15ClN4/c1-2-11(9-6-4-3-5-7-9)17-12-10(14)8-16-13(15)18-12/h3-8,11H,2H2,1H3,(H3,15,16,17,18). The van der Waals surface area contributed by atoms with Gasteiger partial charge in [0.25, 0.3) is 0 Å². The largest absolute Gasteiger partial charge is 0.368 e. The van der Waals surface area contributed by atoms with Gasteiger partial charge in [0.1, 0.15) is 5.02 Å². The number of aromatic nitrogens is 2. The average Bonchev–Trinajstić information content (AvgIpc) is 2.41. The number of benzene rings is 1. The Kier molecular flexibility index (Phi) is 3.99. The second-order valence-corrected chi connectivity index (χ2v) is 4.35. The summed E-state index contributed by atoms with van der Waals surface area (Å²) >= 11 is 6.04. The van der Waals surface area contributed by atoms with E-state index in [9.17, 15) is 0 Å². The van der Waals surface area contributed by atoms with E-state index in [4.69, 9.17) is 17.3 Å². The summed E-state index contributed by atoms with van der Waals surface area (Å²) in [5, 5.41) is 3.76. The fourth-order valence-corrected chi connectivity index (χ4v) is 1.90. The van der Waals surface area contributed by atoms with Crippen LogP contribution in [0.5, 0.6) is 0 Å². The highest BCUT2D eigenvalue weighted by Gasteiger charge is 2.12. The first-order valence-corrected chi connectivity index (χ1v) is 6.18. The molecule has 1 aromatic carbocycles. The van der Waals surface area contributed by atoms with E-state index in [0.717, 1.165) is 6.42 Å². The van der Waals surface area contributed by atoms with Crippen LogP contribution in [-0.2, 0) is 0 Å². The molecular weight excluding hydrogens is 248 g/mol. The van der Waals surface area contributed by atoms with E-state index >= 15 is 0 Å². The van der Waals surface area contributed by atoms with Crippen LogP contribution in [0.4, 0.5) is 11.8 Å². The molecule has 0 aliphatic carbocycles. The minimum absolute atomic E-state index is 0.151. The molecule has 0 saturated heterocycles. The van der Waals surface area contributed by atoms with Crippen LogP contribution in [0.1, 0.15) is 24.9 Å². The van der Waals surface area contributed by atoms with Crippen molar-refractivity contribution >= 4 is 23.4 Å². The zero-order valence-corrected chi connectivity index (χ0v) is 10.9. The Hall–Kier alpha value is -1.81. The molecule has 0 amide bonds. The van der Waals surface area contributed by atoms with Crippen molar-refractivity contribution in [1.82, 2.24) is 9.97 Å². The van der Waals surface area contributed by atoms with Crippen molar-refractivity contribution in [2.75, 3.05) is 11.1 Å². The predicted molar refractivity (Wildman–Crippen MR) is 74.6 cm³/mol. The molecule has 0 spiro atoms. The number of rotatable bonds is 4. The number of hydrogen-bond acceptors (Lipinski definition) is 4. The van der Waals surface area contributed by atoms with Crippen LogP contribution < -0.4 is 11.1 Å². The summed E-state index contributed by atoms with van der Waals surface area (Å²) in [6, 6.07) is 10.3. The third kappa shape index (κ3) is 2.90. The third-order valence-corrected chi connectivity index (χ3v) is 2.96. The molecule has 0 fully saturated rings. The number of hydrogen-bond donors (Lipinski definition) is 2. The molecule has 18 heavy (non-hydrogen) atoms. The number of anilines is 2. The van der Waals surface area contributed by atoms with Gasteiger partial charge in [-0.2, -0.15) is 4.98 Å². The van der Waals surface area contributed by atoms with E-state index in [1.807, 2.05) is 18.2 Å². The first-order valence-electron chi connectivity index (χ1n) is 5.80. The van der Waals surface area contributed by atoms with Crippen LogP contribution in [0.2, 0.25) is 5.02 Å². The van der Waals surface area contributed by atoms with Gasteiger partial charge in [0, 0.05) is 0 Å². The fourth-order valence-electron chi connectivity index (χ4n) is 1.75. The zero-order chi connectivity index (χ0) is 13.0. The van der Waals surface area contributed by atoms with E-state index in [-0.39, 0.29) is 12.0 Å². The predicted octanol–water partition coefficient (Wildman–Crippen LogP) is 3.28. The average molecular weight is 263 g/mol. The van der Waals surface area contributed by atoms with Crippen LogP contribution in [0.25, 0.3) is 0 Å². The summed E-state index contributed by atoms with van der Waals surface area (Å²) in [6.07, 6.45) is 2.42. The molecule has 0 aliphatic rings. The zero-order valence-electron chi connectivity index (χ0n) is 10.1. The van der Waals surface area contributed by atoms with Gasteiger partial charge in [0.05, 0.1) is 12.2 Å². The Labute approximate surface area is 111 Å². The van der Waals surface area contributed by atoms with E-state index in [1.165, 1.54) is 11.8 Å². The van der Waals surface area contributed by atoms with Crippen molar-refractivity contribution in [1.29, 1.82) is 0 Å². The molecule has 3 N–H and O–H groups in total. The monoisotopic (exact) mass is 262 g/mol. The first-order chi connectivity index (χ1) is 8.70. The van der Waals surface area contributed by atoms with Crippen LogP contribution >= 0.6 is 11.6 Å². The maximum atomic E-state index is 6.04. The topological polar surface area (TPSA) is 63.8 Å². The van der Waals surface area contributed by atoms with Gasteiger partial charge in [0.2, 0.25) is 5.95 Å². The summed E-state index contributed by atoms with van der Waals surface area (Å²) in [7, 11) is 0. The molecule has 4 nitrogen and oxygen atoms in total.